The molecule has 0 spiro atoms. The SMILES string of the molecule is N#Cc1cccc(C(=O)NCC2(c3ccccc3)CCCOCC2)c1. The summed E-state index contributed by atoms with van der Waals surface area (Å²) in [5.41, 5.74) is 2.15. The fourth-order valence-electron chi connectivity index (χ4n) is 3.45. The third-order valence-corrected chi connectivity index (χ3v) is 4.90. The van der Waals surface area contributed by atoms with Gasteiger partial charge in [0.25, 0.3) is 5.91 Å². The van der Waals surface area contributed by atoms with Crippen LogP contribution in [0.15, 0.2) is 54.6 Å². The average Bonchev–Trinajstić information content (AvgIpc) is 2.93. The van der Waals surface area contributed by atoms with Crippen molar-refractivity contribution in [3.8, 4) is 6.07 Å². The minimum atomic E-state index is -0.141. The zero-order valence-electron chi connectivity index (χ0n) is 14.2. The maximum atomic E-state index is 12.6. The number of amides is 1. The van der Waals surface area contributed by atoms with Crippen LogP contribution in [-0.4, -0.2) is 25.7 Å². The molecule has 4 heteroatoms. The van der Waals surface area contributed by atoms with Gasteiger partial charge in [0.1, 0.15) is 0 Å². The number of nitrogens with one attached hydrogen (secondary N) is 1. The first kappa shape index (κ1) is 17.2. The third kappa shape index (κ3) is 4.07. The normalized spacial score (nSPS) is 20.3. The molecule has 0 bridgehead atoms. The van der Waals surface area contributed by atoms with Gasteiger partial charge in [-0.1, -0.05) is 36.4 Å². The first-order chi connectivity index (χ1) is 12.2. The van der Waals surface area contributed by atoms with Gasteiger partial charge >= 0.3 is 0 Å². The molecule has 1 amide bonds. The van der Waals surface area contributed by atoms with E-state index in [9.17, 15) is 4.79 Å². The standard InChI is InChI=1S/C21H22N2O2/c22-15-17-6-4-7-18(14-17)20(24)23-16-21(10-5-12-25-13-11-21)19-8-2-1-3-9-19/h1-4,6-9,14H,5,10-13,16H2,(H,23,24). The molecule has 4 nitrogen and oxygen atoms in total. The number of carbonyl (C=O) groups is 1. The van der Waals surface area contributed by atoms with Crippen molar-refractivity contribution in [3.63, 3.8) is 0 Å². The van der Waals surface area contributed by atoms with Gasteiger partial charge in [-0.05, 0) is 43.0 Å². The Morgan fingerprint density at radius 3 is 2.76 bits per heavy atom. The van der Waals surface area contributed by atoms with Crippen molar-refractivity contribution in [2.45, 2.75) is 24.7 Å². The number of nitriles is 1. The van der Waals surface area contributed by atoms with Crippen molar-refractivity contribution in [3.05, 3.63) is 71.3 Å². The molecule has 1 fully saturated rings. The summed E-state index contributed by atoms with van der Waals surface area (Å²) in [7, 11) is 0. The molecule has 1 N–H and O–H groups in total. The number of nitrogens with zero attached hydrogens (tertiary/aromatic N) is 1. The van der Waals surface area contributed by atoms with E-state index in [1.807, 2.05) is 18.2 Å². The molecule has 128 valence electrons. The summed E-state index contributed by atoms with van der Waals surface area (Å²) in [5, 5.41) is 12.1. The summed E-state index contributed by atoms with van der Waals surface area (Å²) in [6.07, 6.45) is 2.85. The maximum Gasteiger partial charge on any atom is 0.251 e. The molecule has 25 heavy (non-hydrogen) atoms. The Balaban J connectivity index is 1.79. The second-order valence-corrected chi connectivity index (χ2v) is 6.49. The van der Waals surface area contributed by atoms with Crippen LogP contribution in [0.25, 0.3) is 0 Å². The van der Waals surface area contributed by atoms with Gasteiger partial charge < -0.3 is 10.1 Å². The van der Waals surface area contributed by atoms with Crippen molar-refractivity contribution in [2.24, 2.45) is 0 Å². The van der Waals surface area contributed by atoms with Crippen LogP contribution in [0.5, 0.6) is 0 Å². The molecule has 1 aliphatic rings. The predicted molar refractivity (Wildman–Crippen MR) is 96.3 cm³/mol. The molecule has 0 aliphatic carbocycles. The van der Waals surface area contributed by atoms with Crippen molar-refractivity contribution in [2.75, 3.05) is 19.8 Å². The number of ether oxygens (including phenoxy) is 1. The van der Waals surface area contributed by atoms with E-state index in [4.69, 9.17) is 10.00 Å². The molecular weight excluding hydrogens is 312 g/mol. The Morgan fingerprint density at radius 1 is 1.12 bits per heavy atom. The van der Waals surface area contributed by atoms with E-state index in [1.165, 1.54) is 5.56 Å². The molecule has 0 aromatic heterocycles. The number of rotatable bonds is 4. The van der Waals surface area contributed by atoms with Crippen molar-refractivity contribution in [1.82, 2.24) is 5.32 Å². The highest BCUT2D eigenvalue weighted by atomic mass is 16.5. The molecule has 2 aromatic carbocycles. The van der Waals surface area contributed by atoms with E-state index in [-0.39, 0.29) is 11.3 Å². The lowest BCUT2D eigenvalue weighted by Crippen LogP contribution is -2.41. The molecule has 1 saturated heterocycles. The zero-order chi connectivity index (χ0) is 17.5. The summed E-state index contributed by atoms with van der Waals surface area (Å²) < 4.78 is 5.64. The van der Waals surface area contributed by atoms with Crippen LogP contribution in [0, 0.1) is 11.3 Å². The van der Waals surface area contributed by atoms with Crippen molar-refractivity contribution >= 4 is 5.91 Å². The number of carbonyl (C=O) groups excluding carboxylic acids is 1. The van der Waals surface area contributed by atoms with Gasteiger partial charge in [0, 0.05) is 30.7 Å². The smallest absolute Gasteiger partial charge is 0.251 e. The third-order valence-electron chi connectivity index (χ3n) is 4.90. The van der Waals surface area contributed by atoms with E-state index in [2.05, 4.69) is 23.5 Å². The van der Waals surface area contributed by atoms with Gasteiger partial charge in [0.05, 0.1) is 11.6 Å². The van der Waals surface area contributed by atoms with E-state index in [0.717, 1.165) is 25.9 Å². The summed E-state index contributed by atoms with van der Waals surface area (Å²) in [5.74, 6) is -0.141. The second kappa shape index (κ2) is 7.96. The maximum absolute atomic E-state index is 12.6. The molecule has 1 unspecified atom stereocenters. The number of benzene rings is 2. The molecule has 1 atom stereocenters. The van der Waals surface area contributed by atoms with Crippen LogP contribution in [0.3, 0.4) is 0 Å². The monoisotopic (exact) mass is 334 g/mol. The zero-order valence-corrected chi connectivity index (χ0v) is 14.2. The van der Waals surface area contributed by atoms with Crippen LogP contribution in [0.4, 0.5) is 0 Å². The van der Waals surface area contributed by atoms with Gasteiger partial charge in [0.15, 0.2) is 0 Å². The Kier molecular flexibility index (Phi) is 5.47. The minimum Gasteiger partial charge on any atom is -0.381 e. The fraction of sp³-hybridized carbons (Fsp3) is 0.333. The Labute approximate surface area is 148 Å². The van der Waals surface area contributed by atoms with Crippen LogP contribution in [0.1, 0.15) is 40.7 Å². The van der Waals surface area contributed by atoms with E-state index < -0.39 is 0 Å². The lowest BCUT2D eigenvalue weighted by molar-refractivity contribution is 0.0937. The molecular formula is C21H22N2O2. The summed E-state index contributed by atoms with van der Waals surface area (Å²) in [6, 6.07) is 19.2. The van der Waals surface area contributed by atoms with E-state index in [0.29, 0.717) is 24.3 Å². The molecule has 2 aromatic rings. The lowest BCUT2D eigenvalue weighted by atomic mass is 9.74. The first-order valence-electron chi connectivity index (χ1n) is 8.65. The Morgan fingerprint density at radius 2 is 1.96 bits per heavy atom. The molecule has 0 radical (unpaired) electrons. The molecule has 0 saturated carbocycles. The predicted octanol–water partition coefficient (Wildman–Crippen LogP) is 3.43. The fourth-order valence-corrected chi connectivity index (χ4v) is 3.45. The molecule has 1 heterocycles. The van der Waals surface area contributed by atoms with E-state index >= 15 is 0 Å². The van der Waals surface area contributed by atoms with Crippen LogP contribution < -0.4 is 5.32 Å². The van der Waals surface area contributed by atoms with Gasteiger partial charge in [-0.2, -0.15) is 5.26 Å². The Hall–Kier alpha value is -2.64. The minimum absolute atomic E-state index is 0.111. The first-order valence-corrected chi connectivity index (χ1v) is 8.65. The van der Waals surface area contributed by atoms with Gasteiger partial charge in [-0.15, -0.1) is 0 Å². The molecule has 3 rings (SSSR count). The summed E-state index contributed by atoms with van der Waals surface area (Å²) in [4.78, 5) is 12.6. The highest BCUT2D eigenvalue weighted by molar-refractivity contribution is 5.94. The van der Waals surface area contributed by atoms with Crippen LogP contribution in [-0.2, 0) is 10.2 Å². The summed E-state index contributed by atoms with van der Waals surface area (Å²) in [6.45, 7) is 2.04. The largest absolute Gasteiger partial charge is 0.381 e. The highest BCUT2D eigenvalue weighted by Crippen LogP contribution is 2.34. The molecule has 1 aliphatic heterocycles. The number of hydrogen-bond donors (Lipinski definition) is 1. The van der Waals surface area contributed by atoms with Gasteiger partial charge in [0.2, 0.25) is 0 Å². The lowest BCUT2D eigenvalue weighted by Gasteiger charge is -2.33. The van der Waals surface area contributed by atoms with Crippen LogP contribution >= 0.6 is 0 Å². The van der Waals surface area contributed by atoms with Gasteiger partial charge in [-0.25, -0.2) is 0 Å². The number of hydrogen-bond acceptors (Lipinski definition) is 3. The van der Waals surface area contributed by atoms with Crippen LogP contribution in [0.2, 0.25) is 0 Å². The van der Waals surface area contributed by atoms with Gasteiger partial charge in [-0.3, -0.25) is 4.79 Å². The van der Waals surface area contributed by atoms with E-state index in [1.54, 1.807) is 24.3 Å². The highest BCUT2D eigenvalue weighted by Gasteiger charge is 2.33. The topological polar surface area (TPSA) is 62.1 Å². The average molecular weight is 334 g/mol. The van der Waals surface area contributed by atoms with Crippen molar-refractivity contribution in [1.29, 1.82) is 5.26 Å². The quantitative estimate of drug-likeness (QED) is 0.932. The summed E-state index contributed by atoms with van der Waals surface area (Å²) >= 11 is 0. The Bertz CT molecular complexity index is 757. The van der Waals surface area contributed by atoms with Crippen molar-refractivity contribution < 1.29 is 9.53 Å². The second-order valence-electron chi connectivity index (χ2n) is 6.49.